The molecule has 0 aromatic carbocycles. The molecule has 0 aliphatic carbocycles. The molecule has 0 heterocycles. The van der Waals surface area contributed by atoms with Gasteiger partial charge in [-0.3, -0.25) is 4.55 Å². The Bertz CT molecular complexity index is 1170. The molecule has 29 heteroatoms. The van der Waals surface area contributed by atoms with Crippen molar-refractivity contribution in [3.05, 3.63) is 11.7 Å². The fourth-order valence-corrected chi connectivity index (χ4v) is 2.51. The highest BCUT2D eigenvalue weighted by Crippen LogP contribution is 2.64. The molecule has 0 aromatic heterocycles. The van der Waals surface area contributed by atoms with Crippen molar-refractivity contribution in [1.82, 2.24) is 0 Å². The van der Waals surface area contributed by atoms with Crippen LogP contribution in [0.1, 0.15) is 0 Å². The maximum absolute atomic E-state index is 13.5. The number of allylic oxidation sites excluding steroid dienone is 2. The molecule has 0 fully saturated rings. The molecule has 0 spiro atoms. The monoisotopic (exact) mass is 712 g/mol. The van der Waals surface area contributed by atoms with Gasteiger partial charge < -0.3 is 0 Å². The Balaban J connectivity index is 7.41. The Morgan fingerprint density at radius 3 is 0.810 bits per heavy atom. The molecule has 42 heavy (non-hydrogen) atoms. The van der Waals surface area contributed by atoms with Crippen LogP contribution in [-0.4, -0.2) is 77.7 Å². The van der Waals surface area contributed by atoms with E-state index >= 15 is 0 Å². The van der Waals surface area contributed by atoms with E-state index in [1.165, 1.54) is 0 Å². The molecule has 0 aliphatic heterocycles. The Morgan fingerprint density at radius 2 is 0.595 bits per heavy atom. The molecule has 0 saturated heterocycles. The molecule has 3 nitrogen and oxygen atoms in total. The first-order valence-electron chi connectivity index (χ1n) is 8.44. The zero-order valence-electron chi connectivity index (χ0n) is 17.6. The van der Waals surface area contributed by atoms with Crippen molar-refractivity contribution in [2.45, 2.75) is 64.7 Å². The van der Waals surface area contributed by atoms with E-state index in [2.05, 4.69) is 0 Å². The molecule has 0 unspecified atom stereocenters. The van der Waals surface area contributed by atoms with Gasteiger partial charge in [-0.1, -0.05) is 0 Å². The maximum atomic E-state index is 13.5. The summed E-state index contributed by atoms with van der Waals surface area (Å²) >= 11 is 0. The van der Waals surface area contributed by atoms with E-state index in [1.54, 1.807) is 0 Å². The fourth-order valence-electron chi connectivity index (χ4n) is 2.06. The third-order valence-corrected chi connectivity index (χ3v) is 5.45. The maximum Gasteiger partial charge on any atom is 0.460 e. The van der Waals surface area contributed by atoms with Crippen LogP contribution in [0.25, 0.3) is 0 Å². The summed E-state index contributed by atoms with van der Waals surface area (Å²) < 4.78 is 355. The van der Waals surface area contributed by atoms with Crippen LogP contribution in [0.3, 0.4) is 0 Å². The summed E-state index contributed by atoms with van der Waals surface area (Å²) in [6.45, 7) is 0. The average Bonchev–Trinajstić information content (AvgIpc) is 2.75. The summed E-state index contributed by atoms with van der Waals surface area (Å²) in [5.74, 6) is -92.5. The summed E-state index contributed by atoms with van der Waals surface area (Å²) in [6.07, 6.45) is -8.06. The Hall–Kier alpha value is -2.10. The van der Waals surface area contributed by atoms with Gasteiger partial charge in [0.05, 0.1) is 0 Å². The summed E-state index contributed by atoms with van der Waals surface area (Å²) in [5, 5.41) is -8.11. The smallest absolute Gasteiger partial charge is 0.281 e. The second kappa shape index (κ2) is 9.70. The van der Waals surface area contributed by atoms with E-state index in [0.29, 0.717) is 0 Å². The van der Waals surface area contributed by atoms with Gasteiger partial charge in [-0.2, -0.15) is 109 Å². The van der Waals surface area contributed by atoms with Crippen LogP contribution in [0.5, 0.6) is 0 Å². The van der Waals surface area contributed by atoms with Crippen molar-refractivity contribution in [1.29, 1.82) is 0 Å². The molecule has 0 amide bonds. The van der Waals surface area contributed by atoms with Crippen molar-refractivity contribution < 1.29 is 123 Å². The molecule has 0 atom stereocenters. The predicted molar refractivity (Wildman–Crippen MR) is 76.3 cm³/mol. The van der Waals surface area contributed by atoms with Crippen molar-refractivity contribution >= 4 is 10.1 Å². The van der Waals surface area contributed by atoms with Gasteiger partial charge >= 0.3 is 74.9 Å². The summed E-state index contributed by atoms with van der Waals surface area (Å²) in [5.41, 5.74) is 0. The SMILES string of the molecule is O=S(=O)(O)C(F)(F)C(F)(F)C(F)(F)C(F)(F)C(F)(F)C(F)(F)/C(F)=C(\F)C(F)(F)C(F)(F)C(F)(F)C(F)(F)C(F)(F)F. The van der Waals surface area contributed by atoms with Gasteiger partial charge in [0.25, 0.3) is 0 Å². The summed E-state index contributed by atoms with van der Waals surface area (Å²) in [6, 6.07) is 0. The van der Waals surface area contributed by atoms with Crippen molar-refractivity contribution in [3.63, 3.8) is 0 Å². The molecule has 1 N–H and O–H groups in total. The van der Waals surface area contributed by atoms with E-state index in [1.807, 2.05) is 0 Å². The second-order valence-electron chi connectivity index (χ2n) is 7.29. The number of halogens is 25. The van der Waals surface area contributed by atoms with Crippen molar-refractivity contribution in [2.75, 3.05) is 0 Å². The molecular weight excluding hydrogens is 711 g/mol. The molecule has 0 rings (SSSR count). The largest absolute Gasteiger partial charge is 0.460 e. The molecule has 0 saturated carbocycles. The van der Waals surface area contributed by atoms with Gasteiger partial charge in [0.1, 0.15) is 0 Å². The van der Waals surface area contributed by atoms with Crippen LogP contribution < -0.4 is 0 Å². The summed E-state index contributed by atoms with van der Waals surface area (Å²) in [4.78, 5) is 0. The lowest BCUT2D eigenvalue weighted by Gasteiger charge is -2.40. The van der Waals surface area contributed by atoms with Crippen LogP contribution in [0.4, 0.5) is 110 Å². The van der Waals surface area contributed by atoms with Crippen LogP contribution in [0.2, 0.25) is 0 Å². The second-order valence-corrected chi connectivity index (χ2v) is 8.75. The quantitative estimate of drug-likeness (QED) is 0.175. The van der Waals surface area contributed by atoms with Crippen LogP contribution in [0, 0.1) is 0 Å². The number of hydrogen-bond acceptors (Lipinski definition) is 2. The first-order valence-corrected chi connectivity index (χ1v) is 9.88. The minimum absolute atomic E-state index is 6.15. The highest BCUT2D eigenvalue weighted by Gasteiger charge is 2.93. The van der Waals surface area contributed by atoms with Crippen LogP contribution in [-0.2, 0) is 10.1 Å². The van der Waals surface area contributed by atoms with Crippen molar-refractivity contribution in [2.24, 2.45) is 0 Å². The molecule has 0 radical (unpaired) electrons. The molecule has 0 bridgehead atoms. The minimum atomic E-state index is -9.25. The summed E-state index contributed by atoms with van der Waals surface area (Å²) in [7, 11) is -8.15. The van der Waals surface area contributed by atoms with E-state index < -0.39 is 86.5 Å². The first kappa shape index (κ1) is 39.9. The Kier molecular flexibility index (Phi) is 9.21. The van der Waals surface area contributed by atoms with Gasteiger partial charge in [0.15, 0.2) is 0 Å². The first-order chi connectivity index (χ1) is 17.6. The van der Waals surface area contributed by atoms with Gasteiger partial charge in [0, 0.05) is 0 Å². The third-order valence-electron chi connectivity index (χ3n) is 4.55. The highest BCUT2D eigenvalue weighted by atomic mass is 32.2. The van der Waals surface area contributed by atoms with E-state index in [-0.39, 0.29) is 0 Å². The van der Waals surface area contributed by atoms with E-state index in [9.17, 15) is 118 Å². The van der Waals surface area contributed by atoms with Gasteiger partial charge in [-0.25, -0.2) is 8.78 Å². The normalized spacial score (nSPS) is 17.4. The topological polar surface area (TPSA) is 54.4 Å². The number of hydrogen-bond donors (Lipinski definition) is 1. The van der Waals surface area contributed by atoms with Crippen molar-refractivity contribution in [3.8, 4) is 0 Å². The fraction of sp³-hybridized carbons (Fsp3) is 0.846. The molecule has 0 aromatic rings. The van der Waals surface area contributed by atoms with Gasteiger partial charge in [-0.15, -0.1) is 0 Å². The molecule has 252 valence electrons. The Labute approximate surface area is 210 Å². The average molecular weight is 712 g/mol. The van der Waals surface area contributed by atoms with Crippen LogP contribution in [0.15, 0.2) is 11.7 Å². The van der Waals surface area contributed by atoms with Gasteiger partial charge in [0.2, 0.25) is 11.7 Å². The van der Waals surface area contributed by atoms with Crippen LogP contribution >= 0.6 is 0 Å². The lowest BCUT2D eigenvalue weighted by molar-refractivity contribution is -0.420. The minimum Gasteiger partial charge on any atom is -0.281 e. The standard InChI is InChI=1S/C13HF25O3S/c14-1(2(15)4(18,19)6(22,23)8(26,27)10(30,31)12(34,35)36)3(16,17)5(20,21)7(24,25)9(28,29)11(32,33)13(37,38)42(39,40)41/h(H,39,40,41)/b2-1+. The zero-order chi connectivity index (χ0) is 35.2. The Morgan fingerprint density at radius 1 is 0.381 bits per heavy atom. The van der Waals surface area contributed by atoms with Gasteiger partial charge in [-0.05, 0) is 0 Å². The number of rotatable bonds is 11. The lowest BCUT2D eigenvalue weighted by atomic mass is 9.91. The predicted octanol–water partition coefficient (Wildman–Crippen LogP) is 7.90. The highest BCUT2D eigenvalue weighted by molar-refractivity contribution is 7.87. The lowest BCUT2D eigenvalue weighted by Crippen LogP contribution is -2.71. The molecular formula is C13HF25O3S. The third kappa shape index (κ3) is 4.78. The van der Waals surface area contributed by atoms with E-state index in [0.717, 1.165) is 0 Å². The molecule has 0 aliphatic rings. The van der Waals surface area contributed by atoms with E-state index in [4.69, 9.17) is 4.55 Å². The number of alkyl halides is 23. The zero-order valence-corrected chi connectivity index (χ0v) is 18.4.